The number of hydrogen-bond donors (Lipinski definition) is 0. The van der Waals surface area contributed by atoms with Crippen molar-refractivity contribution in [3.05, 3.63) is 108 Å². The Balaban J connectivity index is 1.69. The van der Waals surface area contributed by atoms with Crippen LogP contribution in [0.3, 0.4) is 0 Å². The number of carbonyl (C=O) groups is 3. The van der Waals surface area contributed by atoms with E-state index in [0.717, 1.165) is 0 Å². The summed E-state index contributed by atoms with van der Waals surface area (Å²) >= 11 is 0. The van der Waals surface area contributed by atoms with Crippen LogP contribution in [0.1, 0.15) is 31.1 Å². The number of hydrogen-bond acceptors (Lipinski definition) is 9. The van der Waals surface area contributed by atoms with Crippen LogP contribution in [0.25, 0.3) is 0 Å². The summed E-state index contributed by atoms with van der Waals surface area (Å²) in [6.07, 6.45) is -5.74. The molecule has 38 heavy (non-hydrogen) atoms. The van der Waals surface area contributed by atoms with Gasteiger partial charge in [-0.2, -0.15) is 0 Å². The number of carbonyl (C=O) groups excluding carboxylic acids is 3. The van der Waals surface area contributed by atoms with E-state index < -0.39 is 48.6 Å². The largest absolute Gasteiger partial charge is 0.452 e. The highest BCUT2D eigenvalue weighted by Gasteiger charge is 2.52. The van der Waals surface area contributed by atoms with Gasteiger partial charge in [-0.05, 0) is 36.4 Å². The highest BCUT2D eigenvalue weighted by atomic mass is 16.7. The number of rotatable bonds is 9. The van der Waals surface area contributed by atoms with Crippen LogP contribution in [0.5, 0.6) is 0 Å². The summed E-state index contributed by atoms with van der Waals surface area (Å²) in [4.78, 5) is 39.2. The van der Waals surface area contributed by atoms with Gasteiger partial charge >= 0.3 is 17.9 Å². The smallest absolute Gasteiger partial charge is 0.340 e. The Morgan fingerprint density at radius 3 is 1.45 bits per heavy atom. The average molecular weight is 521 g/mol. The molecule has 1 fully saturated rings. The van der Waals surface area contributed by atoms with Gasteiger partial charge in [0.1, 0.15) is 12.2 Å². The fourth-order valence-corrected chi connectivity index (χ4v) is 4.10. The molecule has 0 N–H and O–H groups in total. The minimum absolute atomic E-state index is 0.0244. The molecule has 4 rings (SSSR count). The summed E-state index contributed by atoms with van der Waals surface area (Å²) in [7, 11) is 2.87. The second kappa shape index (κ2) is 13.0. The normalized spacial score (nSPS) is 22.7. The van der Waals surface area contributed by atoms with Gasteiger partial charge in [-0.15, -0.1) is 0 Å². The molecule has 9 heteroatoms. The first-order valence-corrected chi connectivity index (χ1v) is 12.0. The Morgan fingerprint density at radius 2 is 1.03 bits per heavy atom. The molecule has 1 aliphatic heterocycles. The fourth-order valence-electron chi connectivity index (χ4n) is 4.10. The van der Waals surface area contributed by atoms with Crippen molar-refractivity contribution in [3.63, 3.8) is 0 Å². The van der Waals surface area contributed by atoms with Gasteiger partial charge in [0.15, 0.2) is 6.10 Å². The number of esters is 3. The molecule has 0 saturated carbocycles. The molecule has 0 unspecified atom stereocenters. The summed E-state index contributed by atoms with van der Waals surface area (Å²) in [5.41, 5.74) is 0.795. The van der Waals surface area contributed by atoms with E-state index in [1.165, 1.54) is 14.2 Å². The Kier molecular flexibility index (Phi) is 9.21. The van der Waals surface area contributed by atoms with Crippen LogP contribution in [0.4, 0.5) is 0 Å². The van der Waals surface area contributed by atoms with Crippen LogP contribution in [0.15, 0.2) is 91.0 Å². The number of ether oxygens (including phenoxy) is 6. The first-order valence-electron chi connectivity index (χ1n) is 12.0. The van der Waals surface area contributed by atoms with Crippen molar-refractivity contribution in [2.24, 2.45) is 0 Å². The van der Waals surface area contributed by atoms with E-state index >= 15 is 0 Å². The first-order chi connectivity index (χ1) is 18.5. The van der Waals surface area contributed by atoms with E-state index in [1.807, 2.05) is 0 Å². The highest BCUT2D eigenvalue weighted by Crippen LogP contribution is 2.31. The molecule has 9 nitrogen and oxygen atoms in total. The van der Waals surface area contributed by atoms with E-state index in [-0.39, 0.29) is 23.3 Å². The van der Waals surface area contributed by atoms with Crippen molar-refractivity contribution in [1.82, 2.24) is 0 Å². The molecule has 1 saturated heterocycles. The summed E-state index contributed by atoms with van der Waals surface area (Å²) in [6, 6.07) is 24.9. The first kappa shape index (κ1) is 27.0. The minimum atomic E-state index is -1.43. The van der Waals surface area contributed by atoms with Crippen LogP contribution < -0.4 is 0 Å². The third kappa shape index (κ3) is 6.44. The van der Waals surface area contributed by atoms with Gasteiger partial charge in [-0.25, -0.2) is 14.4 Å². The fraction of sp³-hybridized carbons (Fsp3) is 0.276. The van der Waals surface area contributed by atoms with Crippen molar-refractivity contribution in [1.29, 1.82) is 0 Å². The molecule has 0 amide bonds. The predicted octanol–water partition coefficient (Wildman–Crippen LogP) is 3.68. The molecule has 3 aromatic rings. The van der Waals surface area contributed by atoms with Crippen molar-refractivity contribution in [3.8, 4) is 0 Å². The summed E-state index contributed by atoms with van der Waals surface area (Å²) < 4.78 is 34.3. The maximum atomic E-state index is 13.1. The number of methoxy groups -OCH3 is 2. The van der Waals surface area contributed by atoms with Crippen molar-refractivity contribution in [2.45, 2.75) is 30.7 Å². The molecule has 0 bridgehead atoms. The lowest BCUT2D eigenvalue weighted by atomic mass is 9.98. The summed E-state index contributed by atoms with van der Waals surface area (Å²) in [5, 5.41) is 0. The Morgan fingerprint density at radius 1 is 0.605 bits per heavy atom. The molecular weight excluding hydrogens is 492 g/mol. The van der Waals surface area contributed by atoms with Crippen LogP contribution in [-0.4, -0.2) is 69.4 Å². The minimum Gasteiger partial charge on any atom is -0.452 e. The van der Waals surface area contributed by atoms with Gasteiger partial charge in [0, 0.05) is 14.2 Å². The monoisotopic (exact) mass is 520 g/mol. The standard InChI is InChI=1S/C29H28O9/c1-33-18-22-23(34-2)24(36-26(30)19-12-6-3-7-13-19)25(37-27(31)20-14-8-4-9-15-20)29(35-22)38-28(32)21-16-10-5-11-17-21/h3-17,22-25,29H,18H2,1-2H3/t22-,23-,24+,25+,29-/m1/s1. The van der Waals surface area contributed by atoms with E-state index in [9.17, 15) is 14.4 Å². The zero-order valence-electron chi connectivity index (χ0n) is 20.9. The molecular formula is C29H28O9. The van der Waals surface area contributed by atoms with Gasteiger partial charge in [0.25, 0.3) is 0 Å². The van der Waals surface area contributed by atoms with E-state index in [0.29, 0.717) is 0 Å². The van der Waals surface area contributed by atoms with Crippen LogP contribution in [0.2, 0.25) is 0 Å². The predicted molar refractivity (Wildman–Crippen MR) is 134 cm³/mol. The average Bonchev–Trinajstić information content (AvgIpc) is 2.96. The third-order valence-corrected chi connectivity index (χ3v) is 5.93. The molecule has 1 aliphatic rings. The summed E-state index contributed by atoms with van der Waals surface area (Å²) in [6.45, 7) is 0.0244. The molecule has 0 aromatic heterocycles. The molecule has 0 aliphatic carbocycles. The zero-order valence-corrected chi connectivity index (χ0v) is 20.9. The molecule has 0 radical (unpaired) electrons. The Bertz CT molecular complexity index is 1200. The topological polar surface area (TPSA) is 107 Å². The van der Waals surface area contributed by atoms with Gasteiger partial charge < -0.3 is 28.4 Å². The zero-order chi connectivity index (χ0) is 26.9. The second-order valence-corrected chi connectivity index (χ2v) is 8.44. The number of benzene rings is 3. The quantitative estimate of drug-likeness (QED) is 0.308. The van der Waals surface area contributed by atoms with Gasteiger partial charge in [-0.3, -0.25) is 0 Å². The molecule has 198 valence electrons. The van der Waals surface area contributed by atoms with Crippen LogP contribution in [-0.2, 0) is 28.4 Å². The van der Waals surface area contributed by atoms with Gasteiger partial charge in [-0.1, -0.05) is 54.6 Å². The van der Waals surface area contributed by atoms with Gasteiger partial charge in [0.05, 0.1) is 23.3 Å². The lowest BCUT2D eigenvalue weighted by Gasteiger charge is -2.44. The van der Waals surface area contributed by atoms with Crippen molar-refractivity contribution >= 4 is 17.9 Å². The van der Waals surface area contributed by atoms with Crippen LogP contribution in [0, 0.1) is 0 Å². The maximum absolute atomic E-state index is 13.1. The Hall–Kier alpha value is -4.05. The molecule has 5 atom stereocenters. The SMILES string of the molecule is COC[C@H]1O[C@H](OC(=O)c2ccccc2)[C@@H](OC(=O)c2ccccc2)[C@@H](OC(=O)c2ccccc2)[C@@H]1OC. The van der Waals surface area contributed by atoms with E-state index in [1.54, 1.807) is 91.0 Å². The maximum Gasteiger partial charge on any atom is 0.340 e. The highest BCUT2D eigenvalue weighted by molar-refractivity contribution is 5.91. The lowest BCUT2D eigenvalue weighted by Crippen LogP contribution is -2.62. The lowest BCUT2D eigenvalue weighted by molar-refractivity contribution is -0.288. The molecule has 1 heterocycles. The molecule has 0 spiro atoms. The third-order valence-electron chi connectivity index (χ3n) is 5.93. The van der Waals surface area contributed by atoms with Gasteiger partial charge in [0.2, 0.25) is 12.4 Å². The van der Waals surface area contributed by atoms with Crippen LogP contribution >= 0.6 is 0 Å². The summed E-state index contributed by atoms with van der Waals surface area (Å²) in [5.74, 6) is -2.11. The second-order valence-electron chi connectivity index (χ2n) is 8.44. The van der Waals surface area contributed by atoms with Crippen molar-refractivity contribution in [2.75, 3.05) is 20.8 Å². The molecule has 3 aromatic carbocycles. The Labute approximate surface area is 220 Å². The van der Waals surface area contributed by atoms with Crippen molar-refractivity contribution < 1.29 is 42.8 Å². The van der Waals surface area contributed by atoms with E-state index in [2.05, 4.69) is 0 Å². The van der Waals surface area contributed by atoms with E-state index in [4.69, 9.17) is 28.4 Å².